The maximum absolute atomic E-state index is 11.9. The molecule has 2 aromatic rings. The van der Waals surface area contributed by atoms with Gasteiger partial charge in [0.15, 0.2) is 24.7 Å². The second-order valence-corrected chi connectivity index (χ2v) is 6.34. The maximum Gasteiger partial charge on any atom is 0.312 e. The number of nitrogens with zero attached hydrogens (tertiary/aromatic N) is 1. The van der Waals surface area contributed by atoms with E-state index in [4.69, 9.17) is 9.47 Å². The van der Waals surface area contributed by atoms with Crippen molar-refractivity contribution < 1.29 is 28.7 Å². The lowest BCUT2D eigenvalue weighted by molar-refractivity contribution is -0.696. The number of pyridine rings is 1. The summed E-state index contributed by atoms with van der Waals surface area (Å²) < 4.78 is 12.5. The monoisotopic (exact) mass is 358 g/mol. The number of benzene rings is 1. The van der Waals surface area contributed by atoms with Crippen molar-refractivity contribution in [3.05, 3.63) is 60.4 Å². The third-order valence-corrected chi connectivity index (χ3v) is 3.64. The number of ether oxygens (including phenoxy) is 2. The van der Waals surface area contributed by atoms with Crippen molar-refractivity contribution in [1.82, 2.24) is 0 Å². The van der Waals surface area contributed by atoms with Gasteiger partial charge in [-0.05, 0) is 38.1 Å². The van der Waals surface area contributed by atoms with Gasteiger partial charge in [-0.2, -0.15) is 0 Å². The standard InChI is InChI=1S/C20H24NO5/c1-20(2,24)19(23)16-6-8-17(9-7-16)25-14-15-26-18(22)10-13-21-11-4-3-5-12-21/h3-9,11-12,24H,10,13-15H2,1-2H3/q+1. The summed E-state index contributed by atoms with van der Waals surface area (Å²) in [4.78, 5) is 23.6. The van der Waals surface area contributed by atoms with Crippen LogP contribution in [0, 0.1) is 0 Å². The van der Waals surface area contributed by atoms with E-state index >= 15 is 0 Å². The zero-order valence-corrected chi connectivity index (χ0v) is 15.1. The fourth-order valence-corrected chi connectivity index (χ4v) is 2.25. The minimum absolute atomic E-state index is 0.155. The van der Waals surface area contributed by atoms with Crippen molar-refractivity contribution in [3.8, 4) is 5.75 Å². The van der Waals surface area contributed by atoms with Gasteiger partial charge in [0.2, 0.25) is 0 Å². The smallest absolute Gasteiger partial charge is 0.312 e. The van der Waals surface area contributed by atoms with Gasteiger partial charge in [-0.1, -0.05) is 6.07 Å². The minimum Gasteiger partial charge on any atom is -0.490 e. The van der Waals surface area contributed by atoms with Crippen molar-refractivity contribution in [3.63, 3.8) is 0 Å². The van der Waals surface area contributed by atoms with E-state index in [0.29, 0.717) is 24.3 Å². The molecule has 0 atom stereocenters. The van der Waals surface area contributed by atoms with Gasteiger partial charge < -0.3 is 14.6 Å². The van der Waals surface area contributed by atoms with Crippen molar-refractivity contribution in [2.75, 3.05) is 13.2 Å². The Morgan fingerprint density at radius 1 is 1.04 bits per heavy atom. The molecule has 0 spiro atoms. The molecule has 138 valence electrons. The molecule has 0 amide bonds. The highest BCUT2D eigenvalue weighted by Gasteiger charge is 2.24. The molecule has 2 rings (SSSR count). The van der Waals surface area contributed by atoms with Crippen LogP contribution in [0.1, 0.15) is 30.6 Å². The summed E-state index contributed by atoms with van der Waals surface area (Å²) in [6, 6.07) is 12.2. The van der Waals surface area contributed by atoms with E-state index in [-0.39, 0.29) is 25.0 Å². The lowest BCUT2D eigenvalue weighted by Crippen LogP contribution is -2.33. The molecule has 0 saturated carbocycles. The van der Waals surface area contributed by atoms with Gasteiger partial charge in [0.25, 0.3) is 0 Å². The van der Waals surface area contributed by atoms with E-state index in [1.165, 1.54) is 13.8 Å². The van der Waals surface area contributed by atoms with Crippen LogP contribution in [-0.4, -0.2) is 35.7 Å². The fourth-order valence-electron chi connectivity index (χ4n) is 2.25. The van der Waals surface area contributed by atoms with Crippen molar-refractivity contribution >= 4 is 11.8 Å². The number of aryl methyl sites for hydroxylation is 1. The molecular weight excluding hydrogens is 334 g/mol. The number of carbonyl (C=O) groups is 2. The highest BCUT2D eigenvalue weighted by molar-refractivity contribution is 6.01. The second-order valence-electron chi connectivity index (χ2n) is 6.34. The van der Waals surface area contributed by atoms with E-state index in [1.807, 2.05) is 35.2 Å². The van der Waals surface area contributed by atoms with Crippen LogP contribution in [0.2, 0.25) is 0 Å². The molecule has 1 heterocycles. The molecular formula is C20H24NO5+. The molecule has 0 fully saturated rings. The third kappa shape index (κ3) is 6.29. The fraction of sp³-hybridized carbons (Fsp3) is 0.350. The Hall–Kier alpha value is -2.73. The highest BCUT2D eigenvalue weighted by Crippen LogP contribution is 2.17. The van der Waals surface area contributed by atoms with Crippen LogP contribution < -0.4 is 9.30 Å². The zero-order valence-electron chi connectivity index (χ0n) is 15.1. The Morgan fingerprint density at radius 2 is 1.69 bits per heavy atom. The Morgan fingerprint density at radius 3 is 2.31 bits per heavy atom. The molecule has 0 saturated heterocycles. The van der Waals surface area contributed by atoms with E-state index in [2.05, 4.69) is 0 Å². The second kappa shape index (κ2) is 9.10. The Kier molecular flexibility index (Phi) is 6.86. The average molecular weight is 358 g/mol. The third-order valence-electron chi connectivity index (χ3n) is 3.64. The normalized spacial score (nSPS) is 11.0. The van der Waals surface area contributed by atoms with Crippen LogP contribution in [0.3, 0.4) is 0 Å². The molecule has 0 aliphatic heterocycles. The van der Waals surface area contributed by atoms with Gasteiger partial charge in [0.05, 0.1) is 0 Å². The topological polar surface area (TPSA) is 76.7 Å². The summed E-state index contributed by atoms with van der Waals surface area (Å²) in [5, 5.41) is 9.72. The molecule has 26 heavy (non-hydrogen) atoms. The van der Waals surface area contributed by atoms with E-state index < -0.39 is 5.60 Å². The first-order valence-electron chi connectivity index (χ1n) is 8.46. The Bertz CT molecular complexity index is 720. The van der Waals surface area contributed by atoms with Gasteiger partial charge in [-0.15, -0.1) is 0 Å². The number of hydrogen-bond donors (Lipinski definition) is 1. The molecule has 1 aromatic heterocycles. The predicted octanol–water partition coefficient (Wildman–Crippen LogP) is 1.94. The zero-order chi connectivity index (χ0) is 19.0. The van der Waals surface area contributed by atoms with Crippen LogP contribution in [0.15, 0.2) is 54.9 Å². The first-order chi connectivity index (χ1) is 12.4. The van der Waals surface area contributed by atoms with Gasteiger partial charge in [-0.3, -0.25) is 9.59 Å². The van der Waals surface area contributed by atoms with Crippen LogP contribution in [0.25, 0.3) is 0 Å². The van der Waals surface area contributed by atoms with E-state index in [0.717, 1.165) is 0 Å². The molecule has 6 heteroatoms. The number of rotatable bonds is 9. The van der Waals surface area contributed by atoms with Gasteiger partial charge in [0.1, 0.15) is 31.0 Å². The van der Waals surface area contributed by atoms with E-state index in [9.17, 15) is 14.7 Å². The molecule has 1 aromatic carbocycles. The van der Waals surface area contributed by atoms with Crippen molar-refractivity contribution in [2.45, 2.75) is 32.4 Å². The summed E-state index contributed by atoms with van der Waals surface area (Å²) in [5.41, 5.74) is -0.996. The number of ketones is 1. The first-order valence-corrected chi connectivity index (χ1v) is 8.46. The Labute approximate surface area is 153 Å². The molecule has 0 bridgehead atoms. The summed E-state index contributed by atoms with van der Waals surface area (Å²) in [5.74, 6) is -0.0708. The van der Waals surface area contributed by atoms with Crippen LogP contribution in [-0.2, 0) is 16.1 Å². The summed E-state index contributed by atoms with van der Waals surface area (Å²) in [6.45, 7) is 3.84. The van der Waals surface area contributed by atoms with Gasteiger partial charge in [-0.25, -0.2) is 4.57 Å². The summed E-state index contributed by atoms with van der Waals surface area (Å²) in [7, 11) is 0. The lowest BCUT2D eigenvalue weighted by Gasteiger charge is -2.15. The molecule has 0 aliphatic rings. The molecule has 0 radical (unpaired) electrons. The first kappa shape index (κ1) is 19.6. The number of aliphatic hydroxyl groups is 1. The van der Waals surface area contributed by atoms with Gasteiger partial charge in [0, 0.05) is 17.7 Å². The van der Waals surface area contributed by atoms with Gasteiger partial charge >= 0.3 is 5.97 Å². The van der Waals surface area contributed by atoms with E-state index in [1.54, 1.807) is 24.3 Å². The molecule has 0 aliphatic carbocycles. The lowest BCUT2D eigenvalue weighted by atomic mass is 9.97. The number of carbonyl (C=O) groups excluding carboxylic acids is 2. The average Bonchev–Trinajstić information content (AvgIpc) is 2.63. The molecule has 0 unspecified atom stereocenters. The maximum atomic E-state index is 11.9. The largest absolute Gasteiger partial charge is 0.490 e. The molecule has 1 N–H and O–H groups in total. The number of hydrogen-bond acceptors (Lipinski definition) is 5. The van der Waals surface area contributed by atoms with Crippen LogP contribution >= 0.6 is 0 Å². The van der Waals surface area contributed by atoms with Crippen molar-refractivity contribution in [1.29, 1.82) is 0 Å². The quantitative estimate of drug-likeness (QED) is 0.321. The number of Topliss-reactive ketones (excluding diaryl/α,β-unsaturated/α-hetero) is 1. The number of esters is 1. The van der Waals surface area contributed by atoms with Crippen LogP contribution in [0.4, 0.5) is 0 Å². The summed E-state index contributed by atoms with van der Waals surface area (Å²) >= 11 is 0. The predicted molar refractivity (Wildman–Crippen MR) is 94.8 cm³/mol. The van der Waals surface area contributed by atoms with Crippen molar-refractivity contribution in [2.24, 2.45) is 0 Å². The minimum atomic E-state index is -1.41. The van der Waals surface area contributed by atoms with Crippen LogP contribution in [0.5, 0.6) is 5.75 Å². The molecule has 6 nitrogen and oxygen atoms in total. The number of aromatic nitrogens is 1. The Balaban J connectivity index is 1.68. The highest BCUT2D eigenvalue weighted by atomic mass is 16.6. The SMILES string of the molecule is CC(C)(O)C(=O)c1ccc(OCCOC(=O)CC[n+]2ccccc2)cc1. The summed E-state index contributed by atoms with van der Waals surface area (Å²) in [6.07, 6.45) is 4.08.